The zero-order valence-corrected chi connectivity index (χ0v) is 25.0. The van der Waals surface area contributed by atoms with E-state index in [1.54, 1.807) is 30.2 Å². The van der Waals surface area contributed by atoms with Crippen molar-refractivity contribution in [1.29, 1.82) is 0 Å². The van der Waals surface area contributed by atoms with Crippen molar-refractivity contribution in [2.24, 2.45) is 0 Å². The highest BCUT2D eigenvalue weighted by atomic mass is 19.1. The Balaban J connectivity index is 1.73. The van der Waals surface area contributed by atoms with Crippen LogP contribution in [0.2, 0.25) is 0 Å². The predicted octanol–water partition coefficient (Wildman–Crippen LogP) is 4.10. The summed E-state index contributed by atoms with van der Waals surface area (Å²) in [6.07, 6.45) is 4.35. The van der Waals surface area contributed by atoms with Crippen LogP contribution in [-0.2, 0) is 17.6 Å². The standard InChI is InChI=1S/C32H41F2N5O4/c1-4-10-39(11-5-2)32(43)24-13-21(3)12-23(17-24)31(42)38-28(16-22-14-25(33)18-26(34)15-22)29(40)8-9-36-30(41)7-6-27-19-35-20-37-27/h12-15,17-20,28-29,40H,4-11,16H2,1-3H3,(H,35,37)(H,36,41)(H,38,42)/t28-,29+/m0/s1. The monoisotopic (exact) mass is 597 g/mol. The van der Waals surface area contributed by atoms with E-state index in [0.717, 1.165) is 36.7 Å². The summed E-state index contributed by atoms with van der Waals surface area (Å²) in [5.74, 6) is -2.47. The number of aryl methyl sites for hydroxylation is 2. The number of aromatic nitrogens is 2. The molecule has 0 aliphatic heterocycles. The lowest BCUT2D eigenvalue weighted by atomic mass is 9.97. The number of rotatable bonds is 16. The van der Waals surface area contributed by atoms with Gasteiger partial charge in [0.15, 0.2) is 0 Å². The van der Waals surface area contributed by atoms with Gasteiger partial charge in [0.2, 0.25) is 5.91 Å². The molecular formula is C32H41F2N5O4. The highest BCUT2D eigenvalue weighted by Gasteiger charge is 2.24. The number of H-pyrrole nitrogens is 1. The minimum atomic E-state index is -1.15. The third-order valence-corrected chi connectivity index (χ3v) is 6.96. The zero-order chi connectivity index (χ0) is 31.4. The Morgan fingerprint density at radius 3 is 2.30 bits per heavy atom. The molecule has 2 aromatic carbocycles. The number of nitrogens with zero attached hydrogens (tertiary/aromatic N) is 2. The normalized spacial score (nSPS) is 12.4. The summed E-state index contributed by atoms with van der Waals surface area (Å²) in [7, 11) is 0. The minimum absolute atomic E-state index is 0.0618. The van der Waals surface area contributed by atoms with Crippen LogP contribution in [0.15, 0.2) is 48.9 Å². The minimum Gasteiger partial charge on any atom is -0.391 e. The van der Waals surface area contributed by atoms with Crippen molar-refractivity contribution in [2.45, 2.75) is 71.4 Å². The molecule has 1 aromatic heterocycles. The van der Waals surface area contributed by atoms with E-state index >= 15 is 0 Å². The Morgan fingerprint density at radius 1 is 1.00 bits per heavy atom. The van der Waals surface area contributed by atoms with E-state index in [4.69, 9.17) is 0 Å². The number of amides is 3. The topological polar surface area (TPSA) is 127 Å². The van der Waals surface area contributed by atoms with Gasteiger partial charge in [-0.05, 0) is 80.5 Å². The Morgan fingerprint density at radius 2 is 1.67 bits per heavy atom. The van der Waals surface area contributed by atoms with E-state index in [-0.39, 0.29) is 48.7 Å². The average Bonchev–Trinajstić information content (AvgIpc) is 3.48. The maximum Gasteiger partial charge on any atom is 0.253 e. The first-order chi connectivity index (χ1) is 20.6. The van der Waals surface area contributed by atoms with Crippen LogP contribution in [0.25, 0.3) is 0 Å². The van der Waals surface area contributed by atoms with E-state index in [9.17, 15) is 28.3 Å². The number of carbonyl (C=O) groups is 3. The molecule has 4 N–H and O–H groups in total. The predicted molar refractivity (Wildman–Crippen MR) is 160 cm³/mol. The molecule has 0 radical (unpaired) electrons. The van der Waals surface area contributed by atoms with Gasteiger partial charge in [0.25, 0.3) is 11.8 Å². The molecule has 2 atom stereocenters. The molecule has 43 heavy (non-hydrogen) atoms. The van der Waals surface area contributed by atoms with E-state index in [1.807, 2.05) is 13.8 Å². The molecule has 3 rings (SSSR count). The summed E-state index contributed by atoms with van der Waals surface area (Å²) in [4.78, 5) is 47.5. The largest absolute Gasteiger partial charge is 0.391 e. The van der Waals surface area contributed by atoms with Gasteiger partial charge in [-0.2, -0.15) is 0 Å². The van der Waals surface area contributed by atoms with Gasteiger partial charge in [0, 0.05) is 55.1 Å². The second kappa shape index (κ2) is 16.5. The van der Waals surface area contributed by atoms with Crippen LogP contribution < -0.4 is 10.6 Å². The van der Waals surface area contributed by atoms with Crippen LogP contribution in [0.1, 0.15) is 77.1 Å². The Kier molecular flexibility index (Phi) is 12.8. The van der Waals surface area contributed by atoms with Gasteiger partial charge >= 0.3 is 0 Å². The first kappa shape index (κ1) is 33.4. The molecule has 232 valence electrons. The highest BCUT2D eigenvalue weighted by Crippen LogP contribution is 2.17. The molecule has 0 unspecified atom stereocenters. The summed E-state index contributed by atoms with van der Waals surface area (Å²) >= 11 is 0. The number of halogens is 2. The van der Waals surface area contributed by atoms with Crippen molar-refractivity contribution in [1.82, 2.24) is 25.5 Å². The number of aliphatic hydroxyl groups excluding tert-OH is 1. The molecule has 3 aromatic rings. The smallest absolute Gasteiger partial charge is 0.253 e. The molecule has 1 heterocycles. The van der Waals surface area contributed by atoms with Crippen molar-refractivity contribution < 1.29 is 28.3 Å². The van der Waals surface area contributed by atoms with Crippen LogP contribution in [0.3, 0.4) is 0 Å². The Labute approximate surface area is 251 Å². The maximum absolute atomic E-state index is 13.9. The number of hydrogen-bond acceptors (Lipinski definition) is 5. The molecule has 0 aliphatic rings. The molecule has 3 amide bonds. The molecule has 0 aliphatic carbocycles. The number of aliphatic hydroxyl groups is 1. The maximum atomic E-state index is 13.9. The molecular weight excluding hydrogens is 556 g/mol. The van der Waals surface area contributed by atoms with Crippen LogP contribution in [0.4, 0.5) is 8.78 Å². The van der Waals surface area contributed by atoms with Gasteiger partial charge in [-0.3, -0.25) is 14.4 Å². The summed E-state index contributed by atoms with van der Waals surface area (Å²) in [6, 6.07) is 6.99. The second-order valence-electron chi connectivity index (χ2n) is 10.7. The lowest BCUT2D eigenvalue weighted by molar-refractivity contribution is -0.121. The number of hydrogen-bond donors (Lipinski definition) is 4. The summed E-state index contributed by atoms with van der Waals surface area (Å²) in [5.41, 5.74) is 2.40. The third kappa shape index (κ3) is 10.6. The van der Waals surface area contributed by atoms with Crippen LogP contribution in [-0.4, -0.2) is 69.5 Å². The molecule has 9 nitrogen and oxygen atoms in total. The van der Waals surface area contributed by atoms with Gasteiger partial charge in [-0.25, -0.2) is 13.8 Å². The van der Waals surface area contributed by atoms with Gasteiger partial charge in [0.05, 0.1) is 18.5 Å². The van der Waals surface area contributed by atoms with Crippen LogP contribution in [0.5, 0.6) is 0 Å². The molecule has 11 heteroatoms. The van der Waals surface area contributed by atoms with Crippen molar-refractivity contribution in [3.63, 3.8) is 0 Å². The second-order valence-corrected chi connectivity index (χ2v) is 10.7. The quantitative estimate of drug-likeness (QED) is 0.198. The molecule has 0 spiro atoms. The molecule has 0 saturated heterocycles. The van der Waals surface area contributed by atoms with E-state index in [0.29, 0.717) is 30.6 Å². The van der Waals surface area contributed by atoms with Crippen molar-refractivity contribution in [3.8, 4) is 0 Å². The number of benzene rings is 2. The van der Waals surface area contributed by atoms with Crippen LogP contribution in [0, 0.1) is 18.6 Å². The Hall–Kier alpha value is -4.12. The molecule has 0 saturated carbocycles. The lowest BCUT2D eigenvalue weighted by Crippen LogP contribution is -2.46. The average molecular weight is 598 g/mol. The molecule has 0 fully saturated rings. The van der Waals surface area contributed by atoms with E-state index in [1.165, 1.54) is 12.4 Å². The lowest BCUT2D eigenvalue weighted by Gasteiger charge is -2.25. The fourth-order valence-electron chi connectivity index (χ4n) is 4.91. The third-order valence-electron chi connectivity index (χ3n) is 6.96. The first-order valence-corrected chi connectivity index (χ1v) is 14.7. The number of aromatic amines is 1. The number of imidazole rings is 1. The highest BCUT2D eigenvalue weighted by molar-refractivity contribution is 6.00. The van der Waals surface area contributed by atoms with Crippen LogP contribution >= 0.6 is 0 Å². The van der Waals surface area contributed by atoms with E-state index < -0.39 is 29.7 Å². The SMILES string of the molecule is CCCN(CCC)C(=O)c1cc(C)cc(C(=O)N[C@@H](Cc2cc(F)cc(F)c2)[C@H](O)CCNC(=O)CCc2cnc[nH]2)c1. The molecule has 0 bridgehead atoms. The summed E-state index contributed by atoms with van der Waals surface area (Å²) in [5, 5.41) is 16.6. The van der Waals surface area contributed by atoms with E-state index in [2.05, 4.69) is 20.6 Å². The number of carbonyl (C=O) groups excluding carboxylic acids is 3. The van der Waals surface area contributed by atoms with Gasteiger partial charge < -0.3 is 25.6 Å². The van der Waals surface area contributed by atoms with Crippen molar-refractivity contribution in [2.75, 3.05) is 19.6 Å². The van der Waals surface area contributed by atoms with Gasteiger partial charge in [-0.1, -0.05) is 13.8 Å². The zero-order valence-electron chi connectivity index (χ0n) is 25.0. The number of nitrogens with one attached hydrogen (secondary N) is 3. The first-order valence-electron chi connectivity index (χ1n) is 14.7. The van der Waals surface area contributed by atoms with Crippen molar-refractivity contribution in [3.05, 3.63) is 88.5 Å². The van der Waals surface area contributed by atoms with Crippen molar-refractivity contribution >= 4 is 17.7 Å². The fraction of sp³-hybridized carbons (Fsp3) is 0.438. The summed E-state index contributed by atoms with van der Waals surface area (Å²) in [6.45, 7) is 7.09. The fourth-order valence-corrected chi connectivity index (χ4v) is 4.91. The summed E-state index contributed by atoms with van der Waals surface area (Å²) < 4.78 is 27.9. The van der Waals surface area contributed by atoms with Gasteiger partial charge in [0.1, 0.15) is 11.6 Å². The Bertz CT molecular complexity index is 1340. The van der Waals surface area contributed by atoms with Gasteiger partial charge in [-0.15, -0.1) is 0 Å².